The lowest BCUT2D eigenvalue weighted by atomic mass is 9.76. The minimum absolute atomic E-state index is 0.0740. The molecule has 0 fully saturated rings. The number of amides is 1. The number of anilines is 1. The number of ether oxygens (including phenoxy) is 1. The first-order valence-electron chi connectivity index (χ1n) is 12.1. The fourth-order valence-electron chi connectivity index (χ4n) is 5.15. The zero-order chi connectivity index (χ0) is 25.6. The summed E-state index contributed by atoms with van der Waals surface area (Å²) in [5, 5.41) is 32.1. The first-order chi connectivity index (χ1) is 17.2. The highest BCUT2D eigenvalue weighted by atomic mass is 16.5. The molecule has 1 aliphatic carbocycles. The Morgan fingerprint density at radius 3 is 2.75 bits per heavy atom. The van der Waals surface area contributed by atoms with Gasteiger partial charge in [0, 0.05) is 23.9 Å². The zero-order valence-corrected chi connectivity index (χ0v) is 20.5. The van der Waals surface area contributed by atoms with Crippen molar-refractivity contribution in [2.45, 2.75) is 50.7 Å². The number of imidazole rings is 1. The highest BCUT2D eigenvalue weighted by Gasteiger charge is 2.47. The minimum atomic E-state index is -0.949. The summed E-state index contributed by atoms with van der Waals surface area (Å²) in [6, 6.07) is 7.79. The van der Waals surface area contributed by atoms with E-state index in [4.69, 9.17) is 10.00 Å². The van der Waals surface area contributed by atoms with Crippen molar-refractivity contribution in [1.29, 1.82) is 5.26 Å². The van der Waals surface area contributed by atoms with Gasteiger partial charge in [-0.2, -0.15) is 5.26 Å². The number of fused-ring (bicyclic) bond motifs is 2. The van der Waals surface area contributed by atoms with Gasteiger partial charge < -0.3 is 25.3 Å². The van der Waals surface area contributed by atoms with E-state index < -0.39 is 17.1 Å². The summed E-state index contributed by atoms with van der Waals surface area (Å²) in [5.74, 6) is -0.349. The van der Waals surface area contributed by atoms with Crippen molar-refractivity contribution >= 4 is 22.7 Å². The van der Waals surface area contributed by atoms with Crippen LogP contribution in [-0.4, -0.2) is 50.5 Å². The van der Waals surface area contributed by atoms with Crippen LogP contribution < -0.4 is 5.32 Å². The number of nitrogens with zero attached hydrogens (tertiary/aromatic N) is 2. The Balaban J connectivity index is 1.53. The van der Waals surface area contributed by atoms with Gasteiger partial charge in [-0.25, -0.2) is 4.98 Å². The number of benzene rings is 1. The van der Waals surface area contributed by atoms with E-state index in [1.54, 1.807) is 0 Å². The molecule has 8 heteroatoms. The van der Waals surface area contributed by atoms with Gasteiger partial charge in [0.2, 0.25) is 0 Å². The second-order valence-electron chi connectivity index (χ2n) is 10.7. The molecule has 3 aliphatic rings. The number of aromatic nitrogens is 2. The number of carbonyl (C=O) groups is 1. The summed E-state index contributed by atoms with van der Waals surface area (Å²) in [6.45, 7) is 4.10. The molecule has 5 rings (SSSR count). The number of nitrogens with one attached hydrogen (secondary N) is 2. The maximum Gasteiger partial charge on any atom is 0.291 e. The van der Waals surface area contributed by atoms with Crippen LogP contribution in [0.5, 0.6) is 0 Å². The van der Waals surface area contributed by atoms with Crippen LogP contribution >= 0.6 is 0 Å². The van der Waals surface area contributed by atoms with Crippen LogP contribution in [0.2, 0.25) is 0 Å². The Kier molecular flexibility index (Phi) is 5.95. The lowest BCUT2D eigenvalue weighted by Crippen LogP contribution is -2.44. The van der Waals surface area contributed by atoms with Gasteiger partial charge in [0.25, 0.3) is 5.91 Å². The molecule has 3 heterocycles. The van der Waals surface area contributed by atoms with E-state index in [9.17, 15) is 15.0 Å². The molecule has 0 radical (unpaired) electrons. The van der Waals surface area contributed by atoms with Gasteiger partial charge in [-0.3, -0.25) is 4.79 Å². The van der Waals surface area contributed by atoms with Crippen LogP contribution in [0.1, 0.15) is 67.0 Å². The molecule has 4 N–H and O–H groups in total. The molecule has 2 aliphatic heterocycles. The van der Waals surface area contributed by atoms with Crippen LogP contribution in [0.25, 0.3) is 11.1 Å². The quantitative estimate of drug-likeness (QED) is 0.457. The Labute approximate surface area is 210 Å². The van der Waals surface area contributed by atoms with Gasteiger partial charge in [-0.1, -0.05) is 32.1 Å². The summed E-state index contributed by atoms with van der Waals surface area (Å²) in [5.41, 5.74) is 3.22. The molecule has 8 nitrogen and oxygen atoms in total. The molecule has 1 aromatic carbocycles. The molecule has 2 unspecified atom stereocenters. The topological polar surface area (TPSA) is 131 Å². The monoisotopic (exact) mass is 486 g/mol. The van der Waals surface area contributed by atoms with Crippen molar-refractivity contribution in [2.24, 2.45) is 5.41 Å². The number of aliphatic hydroxyl groups is 2. The third-order valence-corrected chi connectivity index (χ3v) is 7.35. The normalized spacial score (nSPS) is 26.2. The summed E-state index contributed by atoms with van der Waals surface area (Å²) in [4.78, 5) is 19.7. The Bertz CT molecular complexity index is 1350. The van der Waals surface area contributed by atoms with Crippen molar-refractivity contribution in [3.05, 3.63) is 71.3 Å². The summed E-state index contributed by atoms with van der Waals surface area (Å²) in [7, 11) is 0. The first-order valence-corrected chi connectivity index (χ1v) is 12.1. The van der Waals surface area contributed by atoms with Crippen LogP contribution in [0.3, 0.4) is 0 Å². The second kappa shape index (κ2) is 8.86. The highest BCUT2D eigenvalue weighted by molar-refractivity contribution is 6.03. The molecule has 0 saturated heterocycles. The van der Waals surface area contributed by atoms with Crippen LogP contribution in [0, 0.1) is 16.7 Å². The van der Waals surface area contributed by atoms with Crippen molar-refractivity contribution in [3.8, 4) is 6.07 Å². The van der Waals surface area contributed by atoms with Crippen molar-refractivity contribution in [2.75, 3.05) is 18.5 Å². The predicted molar refractivity (Wildman–Crippen MR) is 136 cm³/mol. The van der Waals surface area contributed by atoms with Crippen molar-refractivity contribution in [1.82, 2.24) is 9.97 Å². The van der Waals surface area contributed by atoms with Gasteiger partial charge in [0.1, 0.15) is 17.3 Å². The smallest absolute Gasteiger partial charge is 0.291 e. The maximum atomic E-state index is 12.9. The molecular weight excluding hydrogens is 456 g/mol. The standard InChI is InChI=1S/C28H30N4O4/c1-26(2)7-5-18(6-8-26)22-11-19(20-12-27(16-33)9-10-28(13-20,17-34)36-27)3-4-23(22)32-25(35)24-30-15-21(14-29)31-24/h3-5,9-12,15,33-34H,6-8,13,16-17H2,1-2H3,(H,30,31)(H,32,35). The first kappa shape index (κ1) is 24.2. The third kappa shape index (κ3) is 4.42. The van der Waals surface area contributed by atoms with Crippen LogP contribution in [0.4, 0.5) is 5.69 Å². The number of H-pyrrole nitrogens is 1. The van der Waals surface area contributed by atoms with E-state index in [-0.39, 0.29) is 30.1 Å². The minimum Gasteiger partial charge on any atom is -0.393 e. The number of aromatic amines is 1. The average molecular weight is 487 g/mol. The summed E-state index contributed by atoms with van der Waals surface area (Å²) < 4.78 is 6.04. The highest BCUT2D eigenvalue weighted by Crippen LogP contribution is 2.46. The molecule has 2 bridgehead atoms. The summed E-state index contributed by atoms with van der Waals surface area (Å²) >= 11 is 0. The molecule has 0 saturated carbocycles. The van der Waals surface area contributed by atoms with E-state index in [0.29, 0.717) is 12.1 Å². The van der Waals surface area contributed by atoms with Crippen LogP contribution in [-0.2, 0) is 4.74 Å². The number of rotatable bonds is 6. The molecule has 2 aromatic rings. The molecule has 36 heavy (non-hydrogen) atoms. The molecule has 1 amide bonds. The fourth-order valence-corrected chi connectivity index (χ4v) is 5.15. The van der Waals surface area contributed by atoms with E-state index in [2.05, 4.69) is 41.3 Å². The lowest BCUT2D eigenvalue weighted by molar-refractivity contribution is -0.109. The van der Waals surface area contributed by atoms with Gasteiger partial charge in [-0.15, -0.1) is 0 Å². The second-order valence-corrected chi connectivity index (χ2v) is 10.7. The van der Waals surface area contributed by atoms with Gasteiger partial charge in [0.15, 0.2) is 11.5 Å². The van der Waals surface area contributed by atoms with E-state index in [1.165, 1.54) is 6.20 Å². The Morgan fingerprint density at radius 2 is 2.08 bits per heavy atom. The molecule has 0 spiro atoms. The van der Waals surface area contributed by atoms with E-state index >= 15 is 0 Å². The number of carbonyl (C=O) groups excluding carboxylic acids is 1. The zero-order valence-electron chi connectivity index (χ0n) is 20.5. The van der Waals surface area contributed by atoms with Gasteiger partial charge >= 0.3 is 0 Å². The van der Waals surface area contributed by atoms with Crippen molar-refractivity contribution < 1.29 is 19.7 Å². The number of aliphatic hydroxyl groups excluding tert-OH is 2. The average Bonchev–Trinajstić information content (AvgIpc) is 3.47. The van der Waals surface area contributed by atoms with E-state index in [0.717, 1.165) is 41.5 Å². The maximum absolute atomic E-state index is 12.9. The van der Waals surface area contributed by atoms with Crippen LogP contribution in [0.15, 0.2) is 48.7 Å². The van der Waals surface area contributed by atoms with Crippen molar-refractivity contribution in [3.63, 3.8) is 0 Å². The Hall–Kier alpha value is -3.51. The van der Waals surface area contributed by atoms with Gasteiger partial charge in [0.05, 0.1) is 13.2 Å². The molecular formula is C28H30N4O4. The Morgan fingerprint density at radius 1 is 1.25 bits per heavy atom. The lowest BCUT2D eigenvalue weighted by Gasteiger charge is -2.38. The SMILES string of the molecule is CC1(C)CC=C(c2cc(C3=CC4(CO)C=CC(CO)(C3)O4)ccc2NC(=O)c2nc(C#N)c[nH]2)CC1. The predicted octanol–water partition coefficient (Wildman–Crippen LogP) is 3.96. The summed E-state index contributed by atoms with van der Waals surface area (Å²) in [6.07, 6.45) is 12.5. The fraction of sp³-hybridized carbons (Fsp3) is 0.393. The number of hydrogen-bond donors (Lipinski definition) is 4. The molecule has 1 aromatic heterocycles. The number of hydrogen-bond acceptors (Lipinski definition) is 6. The molecule has 186 valence electrons. The van der Waals surface area contributed by atoms with Gasteiger partial charge in [-0.05, 0) is 65.7 Å². The largest absolute Gasteiger partial charge is 0.393 e. The number of allylic oxidation sites excluding steroid dienone is 2. The van der Waals surface area contributed by atoms with E-state index in [1.807, 2.05) is 36.4 Å². The molecule has 2 atom stereocenters. The third-order valence-electron chi connectivity index (χ3n) is 7.35. The number of nitriles is 1.